The van der Waals surface area contributed by atoms with Crippen LogP contribution in [0.3, 0.4) is 0 Å². The van der Waals surface area contributed by atoms with Gasteiger partial charge in [-0.2, -0.15) is 18.3 Å². The molecule has 2 aromatic heterocycles. The summed E-state index contributed by atoms with van der Waals surface area (Å²) < 4.78 is 69.1. The molecule has 0 aliphatic carbocycles. The van der Waals surface area contributed by atoms with E-state index in [-0.39, 0.29) is 18.7 Å². The van der Waals surface area contributed by atoms with E-state index in [1.807, 2.05) is 0 Å². The van der Waals surface area contributed by atoms with E-state index in [1.54, 1.807) is 35.2 Å². The Kier molecular flexibility index (Phi) is 6.34. The van der Waals surface area contributed by atoms with Crippen molar-refractivity contribution in [2.75, 3.05) is 0 Å². The molecule has 0 saturated carbocycles. The van der Waals surface area contributed by atoms with Gasteiger partial charge >= 0.3 is 6.18 Å². The van der Waals surface area contributed by atoms with Gasteiger partial charge in [-0.15, -0.1) is 0 Å². The van der Waals surface area contributed by atoms with Crippen molar-refractivity contribution in [3.63, 3.8) is 0 Å². The van der Waals surface area contributed by atoms with E-state index in [1.165, 1.54) is 35.5 Å². The van der Waals surface area contributed by atoms with Gasteiger partial charge in [0.2, 0.25) is 0 Å². The van der Waals surface area contributed by atoms with Crippen LogP contribution in [0.1, 0.15) is 22.3 Å². The molecule has 2 aromatic carbocycles. The molecule has 0 spiro atoms. The van der Waals surface area contributed by atoms with Crippen molar-refractivity contribution in [3.8, 4) is 0 Å². The molecule has 0 aliphatic rings. The van der Waals surface area contributed by atoms with Crippen molar-refractivity contribution in [2.45, 2.75) is 24.9 Å². The molecular weight excluding hydrogens is 455 g/mol. The molecule has 0 bridgehead atoms. The zero-order valence-corrected chi connectivity index (χ0v) is 17.6. The molecule has 0 fully saturated rings. The highest BCUT2D eigenvalue weighted by Gasteiger charge is 2.34. The highest BCUT2D eigenvalue weighted by molar-refractivity contribution is 5.69. The standard InChI is InChI=1S/C24H19F5N4O/c25-20-7-8-21(22(26)11-20)23(34,14-33-16-30-15-31-33)13-32-10-9-18(12-32)2-1-17-3-5-19(6-4-17)24(27,28)29/h1-12,15-16,34H,13-14H2. The second-order valence-electron chi connectivity index (χ2n) is 7.82. The molecule has 2 heterocycles. The van der Waals surface area contributed by atoms with Crippen LogP contribution in [0.2, 0.25) is 0 Å². The number of rotatable bonds is 7. The minimum Gasteiger partial charge on any atom is -0.381 e. The normalized spacial score (nSPS) is 13.9. The molecule has 5 nitrogen and oxygen atoms in total. The quantitative estimate of drug-likeness (QED) is 0.378. The molecule has 176 valence electrons. The largest absolute Gasteiger partial charge is 0.416 e. The first-order valence-corrected chi connectivity index (χ1v) is 10.1. The maximum Gasteiger partial charge on any atom is 0.416 e. The molecule has 0 radical (unpaired) electrons. The Labute approximate surface area is 191 Å². The van der Waals surface area contributed by atoms with E-state index in [0.717, 1.165) is 18.2 Å². The van der Waals surface area contributed by atoms with Crippen LogP contribution in [0.5, 0.6) is 0 Å². The maximum atomic E-state index is 14.6. The Balaban J connectivity index is 1.55. The van der Waals surface area contributed by atoms with Gasteiger partial charge < -0.3 is 9.67 Å². The van der Waals surface area contributed by atoms with E-state index >= 15 is 0 Å². The summed E-state index contributed by atoms with van der Waals surface area (Å²) in [5.41, 5.74) is -1.31. The van der Waals surface area contributed by atoms with Crippen LogP contribution < -0.4 is 0 Å². The van der Waals surface area contributed by atoms with Gasteiger partial charge in [-0.1, -0.05) is 30.4 Å². The van der Waals surface area contributed by atoms with Gasteiger partial charge in [-0.05, 0) is 35.4 Å². The van der Waals surface area contributed by atoms with Crippen LogP contribution in [0.4, 0.5) is 22.0 Å². The average Bonchev–Trinajstić information content (AvgIpc) is 3.43. The number of halogens is 5. The number of aromatic nitrogens is 4. The van der Waals surface area contributed by atoms with Gasteiger partial charge in [0.1, 0.15) is 29.9 Å². The van der Waals surface area contributed by atoms with Gasteiger partial charge in [0, 0.05) is 24.0 Å². The van der Waals surface area contributed by atoms with Crippen LogP contribution in [0.15, 0.2) is 73.6 Å². The lowest BCUT2D eigenvalue weighted by molar-refractivity contribution is -0.137. The minimum atomic E-state index is -4.40. The number of aliphatic hydroxyl groups is 1. The molecule has 1 atom stereocenters. The van der Waals surface area contributed by atoms with Crippen LogP contribution in [-0.2, 0) is 24.9 Å². The fourth-order valence-electron chi connectivity index (χ4n) is 3.60. The van der Waals surface area contributed by atoms with E-state index < -0.39 is 29.0 Å². The molecule has 0 aliphatic heterocycles. The van der Waals surface area contributed by atoms with E-state index in [9.17, 15) is 27.1 Å². The Morgan fingerprint density at radius 1 is 0.912 bits per heavy atom. The van der Waals surface area contributed by atoms with Crippen LogP contribution >= 0.6 is 0 Å². The lowest BCUT2D eigenvalue weighted by Crippen LogP contribution is -2.37. The minimum absolute atomic E-state index is 0.0798. The van der Waals surface area contributed by atoms with Crippen molar-refractivity contribution in [2.24, 2.45) is 0 Å². The SMILES string of the molecule is OC(Cn1ccc(C=Cc2ccc(C(F)(F)F)cc2)c1)(Cn1cncn1)c1ccc(F)cc1F. The Morgan fingerprint density at radius 2 is 1.65 bits per heavy atom. The third kappa shape index (κ3) is 5.40. The number of nitrogens with zero attached hydrogens (tertiary/aromatic N) is 4. The first kappa shape index (κ1) is 23.4. The maximum absolute atomic E-state index is 14.6. The zero-order valence-electron chi connectivity index (χ0n) is 17.6. The second kappa shape index (κ2) is 9.22. The number of hydrogen-bond acceptors (Lipinski definition) is 3. The summed E-state index contributed by atoms with van der Waals surface area (Å²) in [4.78, 5) is 3.83. The van der Waals surface area contributed by atoms with E-state index in [0.29, 0.717) is 17.2 Å². The van der Waals surface area contributed by atoms with Gasteiger partial charge in [-0.3, -0.25) is 0 Å². The molecule has 34 heavy (non-hydrogen) atoms. The van der Waals surface area contributed by atoms with Crippen LogP contribution in [0, 0.1) is 11.6 Å². The highest BCUT2D eigenvalue weighted by Crippen LogP contribution is 2.30. The zero-order chi connectivity index (χ0) is 24.3. The smallest absolute Gasteiger partial charge is 0.381 e. The molecule has 0 amide bonds. The third-order valence-electron chi connectivity index (χ3n) is 5.25. The summed E-state index contributed by atoms with van der Waals surface area (Å²) in [6.45, 7) is -0.214. The summed E-state index contributed by atoms with van der Waals surface area (Å²) in [7, 11) is 0. The number of alkyl halides is 3. The van der Waals surface area contributed by atoms with Crippen molar-refractivity contribution in [3.05, 3.63) is 107 Å². The monoisotopic (exact) mass is 474 g/mol. The van der Waals surface area contributed by atoms with Crippen LogP contribution in [-0.4, -0.2) is 24.4 Å². The van der Waals surface area contributed by atoms with Crippen molar-refractivity contribution in [1.82, 2.24) is 19.3 Å². The summed E-state index contributed by atoms with van der Waals surface area (Å²) in [5, 5.41) is 15.4. The Morgan fingerprint density at radius 3 is 2.29 bits per heavy atom. The number of hydrogen-bond donors (Lipinski definition) is 1. The molecular formula is C24H19F5N4O. The molecule has 1 unspecified atom stereocenters. The fourth-order valence-corrected chi connectivity index (χ4v) is 3.60. The van der Waals surface area contributed by atoms with Gasteiger partial charge in [0.05, 0.1) is 18.7 Å². The molecule has 1 N–H and O–H groups in total. The molecule has 10 heteroatoms. The van der Waals surface area contributed by atoms with Gasteiger partial charge in [0.15, 0.2) is 0 Å². The molecule has 4 aromatic rings. The summed E-state index contributed by atoms with van der Waals surface area (Å²) in [6, 6.07) is 9.44. The molecule has 4 rings (SSSR count). The first-order chi connectivity index (χ1) is 16.1. The topological polar surface area (TPSA) is 55.9 Å². The predicted molar refractivity (Wildman–Crippen MR) is 115 cm³/mol. The lowest BCUT2D eigenvalue weighted by Gasteiger charge is -2.29. The third-order valence-corrected chi connectivity index (χ3v) is 5.25. The predicted octanol–water partition coefficient (Wildman–Crippen LogP) is 5.14. The Hall–Kier alpha value is -3.79. The molecule has 0 saturated heterocycles. The van der Waals surface area contributed by atoms with Gasteiger partial charge in [0.25, 0.3) is 0 Å². The lowest BCUT2D eigenvalue weighted by atomic mass is 9.92. The van der Waals surface area contributed by atoms with E-state index in [2.05, 4.69) is 10.1 Å². The summed E-state index contributed by atoms with van der Waals surface area (Å²) in [5.74, 6) is -1.65. The highest BCUT2D eigenvalue weighted by atomic mass is 19.4. The van der Waals surface area contributed by atoms with E-state index in [4.69, 9.17) is 0 Å². The van der Waals surface area contributed by atoms with Crippen molar-refractivity contribution in [1.29, 1.82) is 0 Å². The number of benzene rings is 2. The average molecular weight is 474 g/mol. The summed E-state index contributed by atoms with van der Waals surface area (Å²) >= 11 is 0. The first-order valence-electron chi connectivity index (χ1n) is 10.1. The second-order valence-corrected chi connectivity index (χ2v) is 7.82. The van der Waals surface area contributed by atoms with Crippen LogP contribution in [0.25, 0.3) is 12.2 Å². The van der Waals surface area contributed by atoms with Crippen molar-refractivity contribution >= 4 is 12.2 Å². The van der Waals surface area contributed by atoms with Crippen molar-refractivity contribution < 1.29 is 27.1 Å². The fraction of sp³-hybridized carbons (Fsp3) is 0.167. The van der Waals surface area contributed by atoms with Gasteiger partial charge in [-0.25, -0.2) is 18.4 Å². The summed E-state index contributed by atoms with van der Waals surface area (Å²) in [6.07, 6.45) is 4.97. The Bertz CT molecular complexity index is 1280.